The fourth-order valence-electron chi connectivity index (χ4n) is 4.12. The van der Waals surface area contributed by atoms with Crippen LogP contribution in [0.1, 0.15) is 0 Å². The van der Waals surface area contributed by atoms with E-state index in [0.717, 1.165) is 52.3 Å². The van der Waals surface area contributed by atoms with Crippen LogP contribution in [0.2, 0.25) is 0 Å². The Hall–Kier alpha value is -2.40. The summed E-state index contributed by atoms with van der Waals surface area (Å²) in [7, 11) is 6.51. The summed E-state index contributed by atoms with van der Waals surface area (Å²) in [6, 6.07) is 37.7. The number of hydrogen-bond acceptors (Lipinski definition) is 0. The fourth-order valence-corrected chi connectivity index (χ4v) is 5.83. The minimum absolute atomic E-state index is 0.745. The lowest BCUT2D eigenvalue weighted by atomic mass is 9.84. The summed E-state index contributed by atoms with van der Waals surface area (Å²) < 4.78 is 3.04. The normalized spacial score (nSPS) is 10.9. The van der Waals surface area contributed by atoms with E-state index in [-0.39, 0.29) is 0 Å². The van der Waals surface area contributed by atoms with Crippen molar-refractivity contribution >= 4 is 61.1 Å². The van der Waals surface area contributed by atoms with Gasteiger partial charge >= 0.3 is 0 Å². The van der Waals surface area contributed by atoms with Crippen LogP contribution in [0.4, 0.5) is 0 Å². The van der Waals surface area contributed by atoms with Gasteiger partial charge in [-0.2, -0.15) is 0 Å². The molecule has 5 aromatic rings. The van der Waals surface area contributed by atoms with E-state index in [0.29, 0.717) is 0 Å². The Morgan fingerprint density at radius 3 is 1.32 bits per heavy atom. The van der Waals surface area contributed by atoms with Gasteiger partial charge in [0, 0.05) is 13.4 Å². The first kappa shape index (κ1) is 23.4. The summed E-state index contributed by atoms with van der Waals surface area (Å²) in [5.74, 6) is 0. The van der Waals surface area contributed by atoms with Crippen LogP contribution >= 0.6 is 47.8 Å². The number of rotatable bonds is 4. The monoisotopic (exact) mass is 626 g/mol. The van der Waals surface area contributed by atoms with E-state index in [4.69, 9.17) is 7.85 Å². The molecule has 34 heavy (non-hydrogen) atoms. The van der Waals surface area contributed by atoms with Crippen LogP contribution in [0.3, 0.4) is 0 Å². The highest BCUT2D eigenvalue weighted by atomic mass is 79.9. The molecule has 0 amide bonds. The standard InChI is InChI=1S/C30H18BBr3/c31-27-15-21(19-7-3-1-4-8-19)11-13-23(27)25-17-30(34)26(18-29(25)33)24-14-12-22(16-28(24)32)20-9-5-2-6-10-20/h1-18H. The molecule has 0 N–H and O–H groups in total. The Morgan fingerprint density at radius 2 is 0.824 bits per heavy atom. The van der Waals surface area contributed by atoms with Crippen molar-refractivity contribution in [1.82, 2.24) is 0 Å². The van der Waals surface area contributed by atoms with Crippen LogP contribution in [-0.2, 0) is 0 Å². The molecular weight excluding hydrogens is 611 g/mol. The zero-order valence-corrected chi connectivity index (χ0v) is 22.9. The van der Waals surface area contributed by atoms with Crippen LogP contribution in [0, 0.1) is 0 Å². The van der Waals surface area contributed by atoms with Crippen LogP contribution in [0.5, 0.6) is 0 Å². The summed E-state index contributed by atoms with van der Waals surface area (Å²) in [4.78, 5) is 0. The van der Waals surface area contributed by atoms with E-state index >= 15 is 0 Å². The number of hydrogen-bond donors (Lipinski definition) is 0. The molecule has 0 nitrogen and oxygen atoms in total. The van der Waals surface area contributed by atoms with Gasteiger partial charge < -0.3 is 0 Å². The van der Waals surface area contributed by atoms with Crippen molar-refractivity contribution < 1.29 is 0 Å². The molecule has 5 rings (SSSR count). The van der Waals surface area contributed by atoms with Gasteiger partial charge in [-0.1, -0.05) is 144 Å². The summed E-state index contributed by atoms with van der Waals surface area (Å²) >= 11 is 11.4. The summed E-state index contributed by atoms with van der Waals surface area (Å²) in [6.07, 6.45) is 0. The second-order valence-corrected chi connectivity index (χ2v) is 10.6. The van der Waals surface area contributed by atoms with Crippen LogP contribution in [0.25, 0.3) is 44.5 Å². The predicted octanol–water partition coefficient (Wildman–Crippen LogP) is 9.44. The largest absolute Gasteiger partial charge is 0.114 e. The van der Waals surface area contributed by atoms with Gasteiger partial charge in [0.25, 0.3) is 0 Å². The first-order valence-corrected chi connectivity index (χ1v) is 13.2. The maximum absolute atomic E-state index is 6.51. The van der Waals surface area contributed by atoms with Gasteiger partial charge in [-0.3, -0.25) is 0 Å². The van der Waals surface area contributed by atoms with E-state index in [1.54, 1.807) is 0 Å². The first-order chi connectivity index (χ1) is 16.5. The molecule has 0 aliphatic carbocycles. The Labute approximate surface area is 226 Å². The lowest BCUT2D eigenvalue weighted by Gasteiger charge is -2.15. The van der Waals surface area contributed by atoms with Gasteiger partial charge in [-0.25, -0.2) is 0 Å². The highest BCUT2D eigenvalue weighted by molar-refractivity contribution is 9.11. The van der Waals surface area contributed by atoms with Crippen molar-refractivity contribution in [3.05, 3.63) is 123 Å². The molecule has 0 aliphatic rings. The Morgan fingerprint density at radius 1 is 0.382 bits per heavy atom. The van der Waals surface area contributed by atoms with Crippen molar-refractivity contribution in [1.29, 1.82) is 0 Å². The average Bonchev–Trinajstić information content (AvgIpc) is 2.86. The Kier molecular flexibility index (Phi) is 6.92. The van der Waals surface area contributed by atoms with E-state index in [1.165, 1.54) is 11.1 Å². The Balaban J connectivity index is 1.51. The minimum Gasteiger partial charge on any atom is -0.0883 e. The van der Waals surface area contributed by atoms with Gasteiger partial charge in [0.05, 0.1) is 0 Å². The van der Waals surface area contributed by atoms with Crippen molar-refractivity contribution in [2.75, 3.05) is 0 Å². The number of benzene rings is 5. The van der Waals surface area contributed by atoms with E-state index in [1.807, 2.05) is 30.3 Å². The maximum atomic E-state index is 6.51. The lowest BCUT2D eigenvalue weighted by Crippen LogP contribution is -2.07. The van der Waals surface area contributed by atoms with Crippen molar-refractivity contribution in [3.8, 4) is 44.5 Å². The van der Waals surface area contributed by atoms with Gasteiger partial charge in [-0.15, -0.1) is 0 Å². The van der Waals surface area contributed by atoms with Crippen molar-refractivity contribution in [3.63, 3.8) is 0 Å². The van der Waals surface area contributed by atoms with E-state index < -0.39 is 0 Å². The predicted molar refractivity (Wildman–Crippen MR) is 157 cm³/mol. The molecule has 2 radical (unpaired) electrons. The van der Waals surface area contributed by atoms with Gasteiger partial charge in [0.1, 0.15) is 7.85 Å². The van der Waals surface area contributed by atoms with Crippen LogP contribution < -0.4 is 5.46 Å². The van der Waals surface area contributed by atoms with Crippen LogP contribution in [0.15, 0.2) is 123 Å². The third kappa shape index (κ3) is 4.72. The Bertz CT molecular complexity index is 1360. The minimum atomic E-state index is 0.745. The zero-order valence-electron chi connectivity index (χ0n) is 18.1. The smallest absolute Gasteiger partial charge is 0.0883 e. The molecule has 0 spiro atoms. The lowest BCUT2D eigenvalue weighted by molar-refractivity contribution is 1.52. The molecular formula is C30H18BBr3. The topological polar surface area (TPSA) is 0 Å². The zero-order chi connectivity index (χ0) is 23.7. The fraction of sp³-hybridized carbons (Fsp3) is 0. The third-order valence-corrected chi connectivity index (χ3v) is 7.84. The third-order valence-electron chi connectivity index (χ3n) is 5.87. The van der Waals surface area contributed by atoms with Crippen molar-refractivity contribution in [2.24, 2.45) is 0 Å². The number of halogens is 3. The first-order valence-electron chi connectivity index (χ1n) is 10.8. The van der Waals surface area contributed by atoms with Crippen LogP contribution in [-0.4, -0.2) is 7.85 Å². The highest BCUT2D eigenvalue weighted by Crippen LogP contribution is 2.41. The molecule has 0 fully saturated rings. The molecule has 0 aliphatic heterocycles. The maximum Gasteiger partial charge on any atom is 0.114 e. The summed E-state index contributed by atoms with van der Waals surface area (Å²) in [5, 5.41) is 0. The molecule has 0 aromatic heterocycles. The second kappa shape index (κ2) is 10.1. The van der Waals surface area contributed by atoms with Gasteiger partial charge in [0.15, 0.2) is 0 Å². The molecule has 162 valence electrons. The summed E-state index contributed by atoms with van der Waals surface area (Å²) in [5.41, 5.74) is 9.63. The van der Waals surface area contributed by atoms with Gasteiger partial charge in [0.2, 0.25) is 0 Å². The van der Waals surface area contributed by atoms with Crippen molar-refractivity contribution in [2.45, 2.75) is 0 Å². The second-order valence-electron chi connectivity index (χ2n) is 8.04. The molecule has 0 saturated carbocycles. The van der Waals surface area contributed by atoms with E-state index in [9.17, 15) is 0 Å². The molecule has 0 atom stereocenters. The molecule has 0 saturated heterocycles. The van der Waals surface area contributed by atoms with E-state index in [2.05, 4.69) is 127 Å². The molecule has 5 aromatic carbocycles. The molecule has 4 heteroatoms. The van der Waals surface area contributed by atoms with Gasteiger partial charge in [-0.05, 0) is 62.7 Å². The average molecular weight is 629 g/mol. The molecule has 0 heterocycles. The molecule has 0 unspecified atom stereocenters. The molecule has 0 bridgehead atoms. The SMILES string of the molecule is [B]c1cc(-c2ccccc2)ccc1-c1cc(Br)c(-c2ccc(-c3ccccc3)cc2Br)cc1Br. The highest BCUT2D eigenvalue weighted by Gasteiger charge is 2.15. The summed E-state index contributed by atoms with van der Waals surface area (Å²) in [6.45, 7) is 0. The quantitative estimate of drug-likeness (QED) is 0.174.